The first-order chi connectivity index (χ1) is 8.70. The number of nitrogens with one attached hydrogen (secondary N) is 1. The molecule has 0 aliphatic carbocycles. The maximum Gasteiger partial charge on any atom is 0.0725 e. The lowest BCUT2D eigenvalue weighted by molar-refractivity contribution is 0.0614. The highest BCUT2D eigenvalue weighted by molar-refractivity contribution is 5.34. The van der Waals surface area contributed by atoms with E-state index in [4.69, 9.17) is 9.47 Å². The predicted molar refractivity (Wildman–Crippen MR) is 72.4 cm³/mol. The number of hydrogen-bond donors (Lipinski definition) is 1. The Balaban J connectivity index is 2.09. The summed E-state index contributed by atoms with van der Waals surface area (Å²) in [6.45, 7) is 9.42. The normalized spacial score (nSPS) is 16.0. The Morgan fingerprint density at radius 1 is 1.28 bits per heavy atom. The third-order valence-corrected chi connectivity index (χ3v) is 3.19. The van der Waals surface area contributed by atoms with E-state index in [9.17, 15) is 0 Å². The predicted octanol–water partition coefficient (Wildman–Crippen LogP) is 2.79. The maximum atomic E-state index is 5.74. The van der Waals surface area contributed by atoms with Crippen LogP contribution in [0.5, 0.6) is 0 Å². The lowest BCUT2D eigenvalue weighted by atomic mass is 10.0. The summed E-state index contributed by atoms with van der Waals surface area (Å²) in [5.41, 5.74) is 3.93. The molecule has 0 amide bonds. The second kappa shape index (κ2) is 6.32. The van der Waals surface area contributed by atoms with Crippen LogP contribution < -0.4 is 5.32 Å². The first-order valence-corrected chi connectivity index (χ1v) is 6.75. The van der Waals surface area contributed by atoms with Crippen LogP contribution in [0.4, 0.5) is 0 Å². The van der Waals surface area contributed by atoms with Gasteiger partial charge in [-0.15, -0.1) is 0 Å². The van der Waals surface area contributed by atoms with Gasteiger partial charge in [-0.05, 0) is 37.1 Å². The van der Waals surface area contributed by atoms with Crippen LogP contribution in [-0.4, -0.2) is 19.3 Å². The van der Waals surface area contributed by atoms with E-state index in [0.29, 0.717) is 6.61 Å². The van der Waals surface area contributed by atoms with E-state index in [1.54, 1.807) is 0 Å². The van der Waals surface area contributed by atoms with Gasteiger partial charge >= 0.3 is 0 Å². The van der Waals surface area contributed by atoms with E-state index < -0.39 is 0 Å². The second-order valence-corrected chi connectivity index (χ2v) is 5.01. The maximum absolute atomic E-state index is 5.74. The van der Waals surface area contributed by atoms with Crippen LogP contribution in [-0.2, 0) is 22.7 Å². The zero-order valence-electron chi connectivity index (χ0n) is 11.5. The van der Waals surface area contributed by atoms with E-state index in [-0.39, 0.29) is 12.1 Å². The zero-order chi connectivity index (χ0) is 13.0. The molecule has 2 rings (SSSR count). The van der Waals surface area contributed by atoms with Crippen molar-refractivity contribution < 1.29 is 9.47 Å². The van der Waals surface area contributed by atoms with Gasteiger partial charge in [-0.25, -0.2) is 0 Å². The smallest absolute Gasteiger partial charge is 0.0725 e. The standard InChI is InChI=1S/C15H23NO2/c1-4-16-15(10-18-11(2)3)12-5-6-13-8-17-9-14(13)7-12/h5-7,11,15-16H,4,8-10H2,1-3H3. The minimum Gasteiger partial charge on any atom is -0.377 e. The SMILES string of the molecule is CCNC(COC(C)C)c1ccc2c(c1)COC2. The molecule has 1 N–H and O–H groups in total. The van der Waals surface area contributed by atoms with Gasteiger partial charge in [0.1, 0.15) is 0 Å². The van der Waals surface area contributed by atoms with Crippen molar-refractivity contribution in [1.82, 2.24) is 5.32 Å². The first-order valence-electron chi connectivity index (χ1n) is 6.75. The zero-order valence-corrected chi connectivity index (χ0v) is 11.5. The Morgan fingerprint density at radius 3 is 2.78 bits per heavy atom. The highest BCUT2D eigenvalue weighted by atomic mass is 16.5. The minimum absolute atomic E-state index is 0.267. The Hall–Kier alpha value is -0.900. The first kappa shape index (κ1) is 13.5. The summed E-state index contributed by atoms with van der Waals surface area (Å²) in [6, 6.07) is 6.88. The molecular formula is C15H23NO2. The second-order valence-electron chi connectivity index (χ2n) is 5.01. The quantitative estimate of drug-likeness (QED) is 0.841. The van der Waals surface area contributed by atoms with Gasteiger partial charge in [0.2, 0.25) is 0 Å². The van der Waals surface area contributed by atoms with Crippen molar-refractivity contribution in [2.75, 3.05) is 13.2 Å². The largest absolute Gasteiger partial charge is 0.377 e. The number of ether oxygens (including phenoxy) is 2. The van der Waals surface area contributed by atoms with Gasteiger partial charge in [0.05, 0.1) is 32.0 Å². The summed E-state index contributed by atoms with van der Waals surface area (Å²) in [5.74, 6) is 0. The fourth-order valence-electron chi connectivity index (χ4n) is 2.22. The van der Waals surface area contributed by atoms with Gasteiger partial charge in [0, 0.05) is 0 Å². The molecule has 1 aliphatic rings. The molecule has 1 aromatic carbocycles. The molecule has 3 nitrogen and oxygen atoms in total. The third kappa shape index (κ3) is 3.31. The molecule has 0 saturated carbocycles. The molecule has 1 heterocycles. The molecule has 0 aromatic heterocycles. The van der Waals surface area contributed by atoms with Crippen LogP contribution in [0.25, 0.3) is 0 Å². The average molecular weight is 249 g/mol. The molecule has 1 atom stereocenters. The molecule has 0 fully saturated rings. The number of rotatable bonds is 6. The van der Waals surface area contributed by atoms with Crippen LogP contribution in [0.3, 0.4) is 0 Å². The van der Waals surface area contributed by atoms with Crippen molar-refractivity contribution in [3.63, 3.8) is 0 Å². The number of likely N-dealkylation sites (N-methyl/N-ethyl adjacent to an activating group) is 1. The molecule has 0 bridgehead atoms. The van der Waals surface area contributed by atoms with Crippen LogP contribution in [0.2, 0.25) is 0 Å². The summed E-state index contributed by atoms with van der Waals surface area (Å²) in [6.07, 6.45) is 0.268. The monoisotopic (exact) mass is 249 g/mol. The van der Waals surface area contributed by atoms with E-state index in [2.05, 4.69) is 44.3 Å². The Kier molecular flexibility index (Phi) is 4.75. The molecule has 0 radical (unpaired) electrons. The van der Waals surface area contributed by atoms with Crippen molar-refractivity contribution in [2.24, 2.45) is 0 Å². The van der Waals surface area contributed by atoms with E-state index in [1.807, 2.05) is 0 Å². The van der Waals surface area contributed by atoms with E-state index >= 15 is 0 Å². The molecule has 1 aromatic rings. The fraction of sp³-hybridized carbons (Fsp3) is 0.600. The molecule has 0 saturated heterocycles. The van der Waals surface area contributed by atoms with Gasteiger partial charge < -0.3 is 14.8 Å². The fourth-order valence-corrected chi connectivity index (χ4v) is 2.22. The Morgan fingerprint density at radius 2 is 2.06 bits per heavy atom. The molecule has 1 unspecified atom stereocenters. The third-order valence-electron chi connectivity index (χ3n) is 3.19. The van der Waals surface area contributed by atoms with E-state index in [1.165, 1.54) is 16.7 Å². The highest BCUT2D eigenvalue weighted by Gasteiger charge is 2.16. The number of benzene rings is 1. The molecular weight excluding hydrogens is 226 g/mol. The minimum atomic E-state index is 0.267. The van der Waals surface area contributed by atoms with Crippen molar-refractivity contribution in [1.29, 1.82) is 0 Å². The summed E-state index contributed by atoms with van der Waals surface area (Å²) in [4.78, 5) is 0. The van der Waals surface area contributed by atoms with E-state index in [0.717, 1.165) is 19.8 Å². The van der Waals surface area contributed by atoms with Crippen LogP contribution in [0, 0.1) is 0 Å². The molecule has 1 aliphatic heterocycles. The van der Waals surface area contributed by atoms with Gasteiger partial charge in [-0.1, -0.05) is 25.1 Å². The summed E-state index contributed by atoms with van der Waals surface area (Å²) in [5, 5.41) is 3.48. The molecule has 100 valence electrons. The summed E-state index contributed by atoms with van der Waals surface area (Å²) in [7, 11) is 0. The van der Waals surface area contributed by atoms with Crippen molar-refractivity contribution >= 4 is 0 Å². The Labute approximate surface area is 109 Å². The van der Waals surface area contributed by atoms with Crippen LogP contribution in [0.1, 0.15) is 43.5 Å². The van der Waals surface area contributed by atoms with Crippen LogP contribution in [0.15, 0.2) is 18.2 Å². The number of hydrogen-bond acceptors (Lipinski definition) is 3. The highest BCUT2D eigenvalue weighted by Crippen LogP contribution is 2.24. The van der Waals surface area contributed by atoms with Gasteiger partial charge in [0.25, 0.3) is 0 Å². The lowest BCUT2D eigenvalue weighted by Gasteiger charge is -2.20. The molecule has 0 spiro atoms. The molecule has 3 heteroatoms. The molecule has 18 heavy (non-hydrogen) atoms. The van der Waals surface area contributed by atoms with Crippen molar-refractivity contribution in [3.05, 3.63) is 34.9 Å². The summed E-state index contributed by atoms with van der Waals surface area (Å²) < 4.78 is 11.2. The van der Waals surface area contributed by atoms with Crippen LogP contribution >= 0.6 is 0 Å². The van der Waals surface area contributed by atoms with Crippen molar-refractivity contribution in [3.8, 4) is 0 Å². The Bertz CT molecular complexity index is 390. The van der Waals surface area contributed by atoms with Gasteiger partial charge in [-0.2, -0.15) is 0 Å². The topological polar surface area (TPSA) is 30.5 Å². The van der Waals surface area contributed by atoms with Gasteiger partial charge in [-0.3, -0.25) is 0 Å². The van der Waals surface area contributed by atoms with Gasteiger partial charge in [0.15, 0.2) is 0 Å². The lowest BCUT2D eigenvalue weighted by Crippen LogP contribution is -2.26. The van der Waals surface area contributed by atoms with Crippen molar-refractivity contribution in [2.45, 2.75) is 46.1 Å². The average Bonchev–Trinajstić information content (AvgIpc) is 2.81. The summed E-state index contributed by atoms with van der Waals surface area (Å²) >= 11 is 0. The number of fused-ring (bicyclic) bond motifs is 1.